The first-order valence-electron chi connectivity index (χ1n) is 5.52. The second-order valence-electron chi connectivity index (χ2n) is 4.76. The van der Waals surface area contributed by atoms with Crippen LogP contribution >= 0.6 is 7.82 Å². The summed E-state index contributed by atoms with van der Waals surface area (Å²) in [6, 6.07) is 0. The molecule has 0 aliphatic carbocycles. The molecule has 0 rings (SSSR count). The van der Waals surface area contributed by atoms with Gasteiger partial charge >= 0.3 is 13.8 Å². The van der Waals surface area contributed by atoms with Crippen LogP contribution in [0.2, 0.25) is 0 Å². The van der Waals surface area contributed by atoms with Gasteiger partial charge in [0.15, 0.2) is 0 Å². The van der Waals surface area contributed by atoms with Gasteiger partial charge in [0.2, 0.25) is 0 Å². The molecule has 8 heteroatoms. The molecule has 0 unspecified atom stereocenters. The van der Waals surface area contributed by atoms with E-state index in [9.17, 15) is 9.36 Å². The summed E-state index contributed by atoms with van der Waals surface area (Å²) >= 11 is 0. The Labute approximate surface area is 115 Å². The molecule has 0 atom stereocenters. The maximum absolute atomic E-state index is 10.9. The first-order chi connectivity index (χ1) is 8.45. The SMILES string of the molecule is C=C(C)C(=O)OCC[N+](C)(C)C.COP(=O)(O)OC. The highest BCUT2D eigenvalue weighted by atomic mass is 31.2. The average Bonchev–Trinajstić information content (AvgIpc) is 2.28. The van der Waals surface area contributed by atoms with E-state index in [1.54, 1.807) is 6.92 Å². The number of hydrogen-bond acceptors (Lipinski definition) is 5. The molecule has 0 bridgehead atoms. The summed E-state index contributed by atoms with van der Waals surface area (Å²) in [6.45, 7) is 6.41. The largest absolute Gasteiger partial charge is 0.471 e. The Kier molecular flexibility index (Phi) is 10.0. The van der Waals surface area contributed by atoms with Crippen LogP contribution in [0.15, 0.2) is 12.2 Å². The first kappa shape index (κ1) is 20.6. The molecule has 0 aliphatic heterocycles. The van der Waals surface area contributed by atoms with Crippen molar-refractivity contribution in [3.05, 3.63) is 12.2 Å². The van der Waals surface area contributed by atoms with Crippen molar-refractivity contribution in [3.63, 3.8) is 0 Å². The van der Waals surface area contributed by atoms with Crippen molar-refractivity contribution in [3.8, 4) is 0 Å². The normalized spacial score (nSPS) is 11.3. The summed E-state index contributed by atoms with van der Waals surface area (Å²) in [4.78, 5) is 19.1. The fraction of sp³-hybridized carbons (Fsp3) is 0.727. The zero-order chi connectivity index (χ0) is 15.7. The minimum atomic E-state index is -3.65. The van der Waals surface area contributed by atoms with Gasteiger partial charge < -0.3 is 14.1 Å². The number of likely N-dealkylation sites (N-methyl/N-ethyl adjacent to an activating group) is 1. The highest BCUT2D eigenvalue weighted by Crippen LogP contribution is 2.40. The van der Waals surface area contributed by atoms with Crippen LogP contribution < -0.4 is 0 Å². The predicted molar refractivity (Wildman–Crippen MR) is 72.5 cm³/mol. The van der Waals surface area contributed by atoms with Crippen molar-refractivity contribution in [1.82, 2.24) is 0 Å². The van der Waals surface area contributed by atoms with Crippen LogP contribution in [-0.4, -0.2) is 63.9 Å². The van der Waals surface area contributed by atoms with E-state index in [4.69, 9.17) is 9.63 Å². The molecule has 0 aromatic carbocycles. The Balaban J connectivity index is 0. The molecule has 1 N–H and O–H groups in total. The number of ether oxygens (including phenoxy) is 1. The highest BCUT2D eigenvalue weighted by molar-refractivity contribution is 7.47. The predicted octanol–water partition coefficient (Wildman–Crippen LogP) is 1.19. The lowest BCUT2D eigenvalue weighted by Crippen LogP contribution is -2.38. The number of hydrogen-bond donors (Lipinski definition) is 1. The highest BCUT2D eigenvalue weighted by Gasteiger charge is 2.13. The topological polar surface area (TPSA) is 82.1 Å². The molecular formula is C11H25NO6P+. The second kappa shape index (κ2) is 9.23. The Morgan fingerprint density at radius 3 is 1.89 bits per heavy atom. The van der Waals surface area contributed by atoms with E-state index in [0.717, 1.165) is 25.2 Å². The van der Waals surface area contributed by atoms with Gasteiger partial charge in [0, 0.05) is 19.8 Å². The van der Waals surface area contributed by atoms with E-state index < -0.39 is 7.82 Å². The molecule has 0 spiro atoms. The molecule has 0 fully saturated rings. The summed E-state index contributed by atoms with van der Waals surface area (Å²) in [5, 5.41) is 0. The van der Waals surface area contributed by atoms with E-state index in [0.29, 0.717) is 12.2 Å². The van der Waals surface area contributed by atoms with Gasteiger partial charge in [-0.3, -0.25) is 9.05 Å². The van der Waals surface area contributed by atoms with E-state index >= 15 is 0 Å². The van der Waals surface area contributed by atoms with E-state index in [2.05, 4.69) is 36.8 Å². The summed E-state index contributed by atoms with van der Waals surface area (Å²) in [5.41, 5.74) is 0.455. The number of esters is 1. The Bertz CT molecular complexity index is 329. The molecule has 114 valence electrons. The van der Waals surface area contributed by atoms with Crippen LogP contribution in [0.1, 0.15) is 6.92 Å². The van der Waals surface area contributed by atoms with Crippen LogP contribution in [0.25, 0.3) is 0 Å². The molecule has 19 heavy (non-hydrogen) atoms. The first-order valence-corrected chi connectivity index (χ1v) is 7.02. The number of carbonyl (C=O) groups is 1. The standard InChI is InChI=1S/C9H18NO2.C2H7O4P/c1-8(2)9(11)12-7-6-10(3,4)5;1-5-7(3,4)6-2/h1,6-7H2,2-5H3;1-2H3,(H,3,4)/q+1;. The van der Waals surface area contributed by atoms with Gasteiger partial charge in [-0.05, 0) is 6.92 Å². The lowest BCUT2D eigenvalue weighted by molar-refractivity contribution is -0.870. The number of nitrogens with zero attached hydrogens (tertiary/aromatic N) is 1. The Morgan fingerprint density at radius 1 is 1.26 bits per heavy atom. The fourth-order valence-electron chi connectivity index (χ4n) is 0.610. The van der Waals surface area contributed by atoms with Crippen molar-refractivity contribution < 1.29 is 32.5 Å². The maximum atomic E-state index is 10.9. The summed E-state index contributed by atoms with van der Waals surface area (Å²) < 4.78 is 23.7. The van der Waals surface area contributed by atoms with E-state index in [1.165, 1.54) is 0 Å². The Hall–Kier alpha value is -0.720. The average molecular weight is 298 g/mol. The van der Waals surface area contributed by atoms with Crippen molar-refractivity contribution in [1.29, 1.82) is 0 Å². The molecule has 0 aromatic heterocycles. The van der Waals surface area contributed by atoms with Gasteiger partial charge in [-0.25, -0.2) is 9.36 Å². The minimum absolute atomic E-state index is 0.302. The maximum Gasteiger partial charge on any atom is 0.471 e. The molecule has 0 aliphatic rings. The van der Waals surface area contributed by atoms with Gasteiger partial charge in [0.25, 0.3) is 0 Å². The molecule has 0 saturated carbocycles. The zero-order valence-electron chi connectivity index (χ0n) is 12.5. The summed E-state index contributed by atoms with van der Waals surface area (Å²) in [7, 11) is 4.70. The number of carbonyl (C=O) groups excluding carboxylic acids is 1. The number of phosphoric acid groups is 1. The molecule has 0 radical (unpaired) electrons. The smallest absolute Gasteiger partial charge is 0.456 e. The molecule has 0 heterocycles. The van der Waals surface area contributed by atoms with Crippen LogP contribution in [0.3, 0.4) is 0 Å². The summed E-state index contributed by atoms with van der Waals surface area (Å²) in [5.74, 6) is -0.302. The minimum Gasteiger partial charge on any atom is -0.456 e. The molecule has 0 saturated heterocycles. The summed E-state index contributed by atoms with van der Waals surface area (Å²) in [6.07, 6.45) is 0. The van der Waals surface area contributed by atoms with Gasteiger partial charge in [-0.1, -0.05) is 6.58 Å². The number of phosphoric ester groups is 1. The third-order valence-corrected chi connectivity index (χ3v) is 2.73. The number of rotatable bonds is 6. The van der Waals surface area contributed by atoms with Gasteiger partial charge in [0.1, 0.15) is 13.2 Å². The van der Waals surface area contributed by atoms with Crippen LogP contribution in [-0.2, 0) is 23.1 Å². The van der Waals surface area contributed by atoms with Gasteiger partial charge in [-0.2, -0.15) is 0 Å². The van der Waals surface area contributed by atoms with E-state index in [-0.39, 0.29) is 5.97 Å². The zero-order valence-corrected chi connectivity index (χ0v) is 13.4. The second-order valence-corrected chi connectivity index (χ2v) is 6.43. The number of quaternary nitrogens is 1. The Morgan fingerprint density at radius 2 is 1.68 bits per heavy atom. The quantitative estimate of drug-likeness (QED) is 0.343. The monoisotopic (exact) mass is 298 g/mol. The van der Waals surface area contributed by atoms with Crippen LogP contribution in [0.4, 0.5) is 0 Å². The molecule has 0 amide bonds. The van der Waals surface area contributed by atoms with Crippen molar-refractivity contribution in [2.75, 3.05) is 48.5 Å². The van der Waals surface area contributed by atoms with E-state index in [1.807, 2.05) is 0 Å². The lowest BCUT2D eigenvalue weighted by atomic mass is 10.4. The fourth-order valence-corrected chi connectivity index (χ4v) is 0.759. The van der Waals surface area contributed by atoms with Crippen LogP contribution in [0.5, 0.6) is 0 Å². The third-order valence-electron chi connectivity index (χ3n) is 1.81. The van der Waals surface area contributed by atoms with Crippen molar-refractivity contribution in [2.24, 2.45) is 0 Å². The van der Waals surface area contributed by atoms with Gasteiger partial charge in [-0.15, -0.1) is 0 Å². The molecule has 0 aromatic rings. The van der Waals surface area contributed by atoms with Gasteiger partial charge in [0.05, 0.1) is 21.1 Å². The molecule has 7 nitrogen and oxygen atoms in total. The van der Waals surface area contributed by atoms with Crippen molar-refractivity contribution in [2.45, 2.75) is 6.92 Å². The van der Waals surface area contributed by atoms with Crippen LogP contribution in [0, 0.1) is 0 Å². The lowest BCUT2D eigenvalue weighted by Gasteiger charge is -2.23. The molecular weight excluding hydrogens is 273 g/mol. The van der Waals surface area contributed by atoms with Crippen molar-refractivity contribution >= 4 is 13.8 Å². The third kappa shape index (κ3) is 15.2.